The number of anilines is 6. The molecule has 6 nitrogen and oxygen atoms in total. The van der Waals surface area contributed by atoms with Crippen LogP contribution in [0, 0.1) is 17.9 Å². The lowest BCUT2D eigenvalue weighted by molar-refractivity contribution is 0.590. The molecule has 19 aromatic carbocycles. The minimum atomic E-state index is -0.847. The van der Waals surface area contributed by atoms with E-state index in [1.807, 2.05) is 60.7 Å². The highest BCUT2D eigenvalue weighted by Gasteiger charge is 2.47. The molecule has 23 rings (SSSR count). The van der Waals surface area contributed by atoms with Crippen LogP contribution in [-0.4, -0.2) is 15.8 Å². The average molecular weight is 1530 g/mol. The summed E-state index contributed by atoms with van der Waals surface area (Å²) in [5, 5.41) is 22.6. The molecule has 0 fully saturated rings. The van der Waals surface area contributed by atoms with E-state index >= 15 is 0 Å². The standard InChI is InChI=1S/C112H77BN6/c1-111(2,3)73-60-91(69-28-9-8-10-29-69)110(97(61-73)94-59-72-32-13-16-35-80(72)83-38-19-22-41-86(83)94)119-105-66-76(116-100-46-25-23-42-87(100)95-56-68(67-114)48-54-102(95)116)50-53-99(105)113-98-52-51-77(117-101-47-26-24-43-88(101)96-64-75(115-7)49-55-103(96)117)65-104(98)118(106-62-74(112(4,5)6)63-107(119)108(106)113)109-89(92-57-70-30-11-14-33-78(70)81-36-17-20-39-84(81)92)44-27-45-90(109)93-58-71-31-12-15-34-79(71)82-37-18-21-40-85(82)93/h8-66H,1-6H3/i23D,24D,25D,26D,42D,43D,46D,47D,48D,49D,54D,55D,56D,64D. The topological polar surface area (TPSA) is 44.5 Å². The van der Waals surface area contributed by atoms with Gasteiger partial charge in [-0.05, 0) is 240 Å². The second kappa shape index (κ2) is 26.3. The smallest absolute Gasteiger partial charge is 0.252 e. The number of aromatic nitrogens is 2. The van der Waals surface area contributed by atoms with Crippen LogP contribution in [0.1, 0.15) is 77.4 Å². The Morgan fingerprint density at radius 2 is 0.739 bits per heavy atom. The molecule has 0 atom stereocenters. The molecular formula is C112H77BN6. The summed E-state index contributed by atoms with van der Waals surface area (Å²) in [4.78, 5) is 8.42. The van der Waals surface area contributed by atoms with Crippen molar-refractivity contribution in [2.45, 2.75) is 52.4 Å². The molecule has 21 aromatic rings. The number of benzene rings is 19. The summed E-state index contributed by atoms with van der Waals surface area (Å²) in [6.07, 6.45) is 0. The SMILES string of the molecule is [2H]c1c([2H])c([2H])c2c(c1[2H])c1c([2H])c(C#N)c([2H])c([2H])c1n2-c1ccc2c(c1)N(c1c(-c3ccccc3)cc(C(C)(C)C)cc1-c1cc3ccccc3c3ccccc13)c1cc(C(C)(C)C)cc3c1B2c1ccc(-n2c4c([2H])c([2H])c([2H])c([2H])c4c4c([2H])c([N+]#[C-])c([2H])c([2H])c42)cc1N3c1c(-c2cc3ccccc3c3ccccc23)cccc1-c1cc2ccccc2c2ccccc12. The number of hydrogen-bond acceptors (Lipinski definition) is 3. The average Bonchev–Trinajstić information content (AvgIpc) is 1.68. The fourth-order valence-electron chi connectivity index (χ4n) is 19.2. The molecular weight excluding hydrogens is 1440 g/mol. The highest BCUT2D eigenvalue weighted by atomic mass is 15.2. The van der Waals surface area contributed by atoms with Crippen LogP contribution in [0.4, 0.5) is 39.8 Å². The van der Waals surface area contributed by atoms with Crippen molar-refractivity contribution < 1.29 is 19.2 Å². The minimum Gasteiger partial charge on any atom is -0.310 e. The third-order valence-electron chi connectivity index (χ3n) is 24.7. The zero-order chi connectivity index (χ0) is 92.0. The zero-order valence-electron chi connectivity index (χ0n) is 79.7. The van der Waals surface area contributed by atoms with Crippen molar-refractivity contribution in [2.75, 3.05) is 9.80 Å². The van der Waals surface area contributed by atoms with Crippen molar-refractivity contribution in [3.63, 3.8) is 0 Å². The van der Waals surface area contributed by atoms with Gasteiger partial charge in [0, 0.05) is 75.3 Å². The maximum atomic E-state index is 10.8. The third-order valence-corrected chi connectivity index (χ3v) is 24.7. The summed E-state index contributed by atoms with van der Waals surface area (Å²) in [7, 11) is 0. The molecule has 2 aliphatic heterocycles. The van der Waals surface area contributed by atoms with Crippen molar-refractivity contribution >= 4 is 171 Å². The van der Waals surface area contributed by atoms with Crippen molar-refractivity contribution in [2.24, 2.45) is 0 Å². The Hall–Kier alpha value is -15.0. The minimum absolute atomic E-state index is 0.0755. The lowest BCUT2D eigenvalue weighted by atomic mass is 9.33. The predicted molar refractivity (Wildman–Crippen MR) is 504 cm³/mol. The molecule has 0 unspecified atom stereocenters. The number of rotatable bonds is 8. The molecule has 0 N–H and O–H groups in total. The molecule has 119 heavy (non-hydrogen) atoms. The maximum Gasteiger partial charge on any atom is 0.252 e. The van der Waals surface area contributed by atoms with Gasteiger partial charge in [0.1, 0.15) is 0 Å². The fourth-order valence-corrected chi connectivity index (χ4v) is 19.2. The van der Waals surface area contributed by atoms with Crippen molar-refractivity contribution in [1.82, 2.24) is 9.13 Å². The van der Waals surface area contributed by atoms with E-state index in [9.17, 15) is 24.5 Å². The Labute approximate surface area is 710 Å². The van der Waals surface area contributed by atoms with Gasteiger partial charge in [-0.25, -0.2) is 4.85 Å². The van der Waals surface area contributed by atoms with Gasteiger partial charge in [-0.2, -0.15) is 5.26 Å². The van der Waals surface area contributed by atoms with Crippen LogP contribution >= 0.6 is 0 Å². The van der Waals surface area contributed by atoms with Crippen LogP contribution in [0.25, 0.3) is 169 Å². The molecule has 0 saturated carbocycles. The Morgan fingerprint density at radius 3 is 1.22 bits per heavy atom. The summed E-state index contributed by atoms with van der Waals surface area (Å²) in [5.74, 6) is 0. The number of nitriles is 1. The van der Waals surface area contributed by atoms with E-state index in [0.29, 0.717) is 22.3 Å². The summed E-state index contributed by atoms with van der Waals surface area (Å²) in [6, 6.07) is 90.4. The van der Waals surface area contributed by atoms with E-state index in [1.54, 1.807) is 9.13 Å². The Kier molecular flexibility index (Phi) is 12.4. The molecule has 0 amide bonds. The molecule has 0 radical (unpaired) electrons. The Bertz CT molecular complexity index is 8850. The van der Waals surface area contributed by atoms with E-state index < -0.39 is 113 Å². The summed E-state index contributed by atoms with van der Waals surface area (Å²) >= 11 is 0. The third kappa shape index (κ3) is 10.6. The maximum absolute atomic E-state index is 10.8. The van der Waals surface area contributed by atoms with Gasteiger partial charge in [-0.15, -0.1) is 0 Å². The lowest BCUT2D eigenvalue weighted by Gasteiger charge is -2.46. The number of fused-ring (bicyclic) bond motifs is 19. The molecule has 558 valence electrons. The first-order valence-electron chi connectivity index (χ1n) is 47.1. The van der Waals surface area contributed by atoms with E-state index in [-0.39, 0.29) is 55.0 Å². The second-order valence-electron chi connectivity index (χ2n) is 33.3. The molecule has 0 spiro atoms. The predicted octanol–water partition coefficient (Wildman–Crippen LogP) is 28.6. The summed E-state index contributed by atoms with van der Waals surface area (Å²) in [6.45, 7) is 20.8. The van der Waals surface area contributed by atoms with Gasteiger partial charge in [0.2, 0.25) is 0 Å². The molecule has 4 heterocycles. The highest BCUT2D eigenvalue weighted by molar-refractivity contribution is 7.00. The summed E-state index contributed by atoms with van der Waals surface area (Å²) < 4.78 is 140. The van der Waals surface area contributed by atoms with Crippen LogP contribution in [0.5, 0.6) is 0 Å². The van der Waals surface area contributed by atoms with E-state index in [1.165, 1.54) is 0 Å². The lowest BCUT2D eigenvalue weighted by Crippen LogP contribution is -2.61. The highest BCUT2D eigenvalue weighted by Crippen LogP contribution is 2.58. The van der Waals surface area contributed by atoms with Crippen LogP contribution in [0.3, 0.4) is 0 Å². The Balaban J connectivity index is 0.957. The van der Waals surface area contributed by atoms with Gasteiger partial charge in [0.25, 0.3) is 6.71 Å². The van der Waals surface area contributed by atoms with Gasteiger partial charge in [0.15, 0.2) is 5.69 Å². The first kappa shape index (κ1) is 56.3. The van der Waals surface area contributed by atoms with Crippen LogP contribution in [-0.2, 0) is 10.8 Å². The van der Waals surface area contributed by atoms with Gasteiger partial charge in [-0.3, -0.25) is 0 Å². The number of para-hydroxylation sites is 3. The van der Waals surface area contributed by atoms with Crippen LogP contribution in [0.2, 0.25) is 0 Å². The van der Waals surface area contributed by atoms with Gasteiger partial charge in [-0.1, -0.05) is 290 Å². The monoisotopic (exact) mass is 1530 g/mol. The van der Waals surface area contributed by atoms with Gasteiger partial charge < -0.3 is 18.9 Å². The number of nitrogens with zero attached hydrogens (tertiary/aromatic N) is 6. The summed E-state index contributed by atoms with van der Waals surface area (Å²) in [5.41, 5.74) is 13.3. The fraction of sp³-hybridized carbons (Fsp3) is 0.0714. The number of hydrogen-bond donors (Lipinski definition) is 0. The van der Waals surface area contributed by atoms with E-state index in [4.69, 9.17) is 6.57 Å². The molecule has 0 saturated heterocycles. The van der Waals surface area contributed by atoms with Gasteiger partial charge >= 0.3 is 0 Å². The molecule has 0 bridgehead atoms. The van der Waals surface area contributed by atoms with Crippen LogP contribution < -0.4 is 26.2 Å². The molecule has 0 aliphatic carbocycles. The molecule has 2 aliphatic rings. The molecule has 7 heteroatoms. The van der Waals surface area contributed by atoms with E-state index in [2.05, 4.69) is 275 Å². The quantitative estimate of drug-likeness (QED) is 0.0865. The second-order valence-corrected chi connectivity index (χ2v) is 33.3. The van der Waals surface area contributed by atoms with Gasteiger partial charge in [0.05, 0.1) is 68.1 Å². The van der Waals surface area contributed by atoms with Crippen molar-refractivity contribution in [3.05, 3.63) is 386 Å². The van der Waals surface area contributed by atoms with Crippen molar-refractivity contribution in [1.29, 1.82) is 5.26 Å². The normalized spacial score (nSPS) is 14.4. The Morgan fingerprint density at radius 1 is 0.336 bits per heavy atom. The molecule has 2 aromatic heterocycles. The zero-order valence-corrected chi connectivity index (χ0v) is 65.7. The first-order chi connectivity index (χ1) is 64.1. The first-order valence-corrected chi connectivity index (χ1v) is 40.1. The van der Waals surface area contributed by atoms with Crippen molar-refractivity contribution in [3.8, 4) is 62.0 Å². The largest absolute Gasteiger partial charge is 0.310 e. The van der Waals surface area contributed by atoms with E-state index in [0.717, 1.165) is 148 Å². The van der Waals surface area contributed by atoms with Crippen LogP contribution in [0.15, 0.2) is 358 Å².